The number of phenols is 1. The number of carbonyl (C=O) groups excluding carboxylic acids is 1. The van der Waals surface area contributed by atoms with Crippen LogP contribution in [0.25, 0.3) is 0 Å². The van der Waals surface area contributed by atoms with Crippen LogP contribution in [-0.4, -0.2) is 26.9 Å². The number of rotatable bonds is 0. The first kappa shape index (κ1) is 12.2. The number of hydrogen-bond donors (Lipinski definition) is 3. The number of hydrogen-bond acceptors (Lipinski definition) is 5. The van der Waals surface area contributed by atoms with E-state index in [0.717, 1.165) is 0 Å². The lowest BCUT2D eigenvalue weighted by molar-refractivity contribution is -0.162. The van der Waals surface area contributed by atoms with Gasteiger partial charge in [0.15, 0.2) is 5.60 Å². The number of aliphatic hydroxyl groups excluding tert-OH is 2. The second-order valence-corrected chi connectivity index (χ2v) is 5.07. The number of fused-ring (bicyclic) bond motifs is 1. The van der Waals surface area contributed by atoms with Gasteiger partial charge in [-0.15, -0.1) is 0 Å². The fraction of sp³-hybridized carbons (Fsp3) is 0.357. The molecule has 1 spiro atoms. The van der Waals surface area contributed by atoms with Gasteiger partial charge in [0.2, 0.25) is 0 Å². The Kier molecular flexibility index (Phi) is 2.45. The Morgan fingerprint density at radius 1 is 1.37 bits per heavy atom. The summed E-state index contributed by atoms with van der Waals surface area (Å²) in [5.41, 5.74) is -0.136. The van der Waals surface area contributed by atoms with Gasteiger partial charge in [-0.25, -0.2) is 4.79 Å². The fourth-order valence-electron chi connectivity index (χ4n) is 2.89. The van der Waals surface area contributed by atoms with Crippen molar-refractivity contribution in [3.05, 3.63) is 41.0 Å². The minimum absolute atomic E-state index is 0.0296. The van der Waals surface area contributed by atoms with Crippen LogP contribution in [0, 0.1) is 0 Å². The third kappa shape index (κ3) is 1.59. The fourth-order valence-corrected chi connectivity index (χ4v) is 2.89. The van der Waals surface area contributed by atoms with Gasteiger partial charge < -0.3 is 20.1 Å². The van der Waals surface area contributed by atoms with E-state index in [0.29, 0.717) is 16.7 Å². The van der Waals surface area contributed by atoms with Gasteiger partial charge in [0.05, 0.1) is 6.10 Å². The zero-order chi connectivity index (χ0) is 13.8. The SMILES string of the molecule is CC1=C[C@@]2(C[C@H](O)c3c(O)cccc3[C@H]2O)OC1=O. The van der Waals surface area contributed by atoms with E-state index in [-0.39, 0.29) is 12.2 Å². The highest BCUT2D eigenvalue weighted by Crippen LogP contribution is 2.50. The molecule has 5 heteroatoms. The van der Waals surface area contributed by atoms with E-state index >= 15 is 0 Å². The molecule has 3 atom stereocenters. The van der Waals surface area contributed by atoms with Gasteiger partial charge in [-0.2, -0.15) is 0 Å². The molecule has 0 radical (unpaired) electrons. The topological polar surface area (TPSA) is 87.0 Å². The molecule has 1 heterocycles. The highest BCUT2D eigenvalue weighted by molar-refractivity contribution is 5.91. The molecular weight excluding hydrogens is 248 g/mol. The van der Waals surface area contributed by atoms with Crippen LogP contribution in [0.3, 0.4) is 0 Å². The van der Waals surface area contributed by atoms with Gasteiger partial charge in [0.25, 0.3) is 0 Å². The molecule has 0 aromatic heterocycles. The molecule has 3 rings (SSSR count). The van der Waals surface area contributed by atoms with E-state index in [1.54, 1.807) is 25.1 Å². The Bertz CT molecular complexity index is 591. The number of ether oxygens (including phenoxy) is 1. The number of phenolic OH excluding ortho intramolecular Hbond substituents is 1. The summed E-state index contributed by atoms with van der Waals surface area (Å²) >= 11 is 0. The van der Waals surface area contributed by atoms with Gasteiger partial charge in [0, 0.05) is 17.6 Å². The van der Waals surface area contributed by atoms with Crippen LogP contribution < -0.4 is 0 Å². The monoisotopic (exact) mass is 262 g/mol. The van der Waals surface area contributed by atoms with Crippen LogP contribution >= 0.6 is 0 Å². The summed E-state index contributed by atoms with van der Waals surface area (Å²) in [6.07, 6.45) is -0.508. The smallest absolute Gasteiger partial charge is 0.334 e. The zero-order valence-electron chi connectivity index (χ0n) is 10.3. The standard InChI is InChI=1S/C14H14O5/c1-7-5-14(19-13(7)18)6-10(16)11-8(12(14)17)3-2-4-9(11)15/h2-5,10,12,15-17H,6H2,1H3/t10-,12+,14-/m0/s1. The first-order chi connectivity index (χ1) is 8.94. The van der Waals surface area contributed by atoms with E-state index in [1.165, 1.54) is 6.07 Å². The third-order valence-electron chi connectivity index (χ3n) is 3.79. The lowest BCUT2D eigenvalue weighted by atomic mass is 9.76. The second kappa shape index (κ2) is 3.82. The summed E-state index contributed by atoms with van der Waals surface area (Å²) in [6.45, 7) is 1.61. The summed E-state index contributed by atoms with van der Waals surface area (Å²) in [5, 5.41) is 30.4. The Labute approximate surface area is 109 Å². The van der Waals surface area contributed by atoms with Gasteiger partial charge in [-0.1, -0.05) is 12.1 Å². The van der Waals surface area contributed by atoms with Crippen LogP contribution in [0.2, 0.25) is 0 Å². The molecule has 1 aliphatic carbocycles. The van der Waals surface area contributed by atoms with E-state index < -0.39 is 23.8 Å². The van der Waals surface area contributed by atoms with Crippen LogP contribution in [0.1, 0.15) is 36.7 Å². The van der Waals surface area contributed by atoms with Gasteiger partial charge in [-0.3, -0.25) is 0 Å². The molecule has 0 fully saturated rings. The molecule has 1 aromatic carbocycles. The minimum Gasteiger partial charge on any atom is -0.508 e. The molecule has 19 heavy (non-hydrogen) atoms. The zero-order valence-corrected chi connectivity index (χ0v) is 10.3. The quantitative estimate of drug-likeness (QED) is 0.609. The van der Waals surface area contributed by atoms with E-state index in [9.17, 15) is 20.1 Å². The van der Waals surface area contributed by atoms with Crippen LogP contribution in [0.15, 0.2) is 29.8 Å². The molecule has 0 saturated carbocycles. The first-order valence-electron chi connectivity index (χ1n) is 6.05. The van der Waals surface area contributed by atoms with Crippen molar-refractivity contribution in [2.75, 3.05) is 0 Å². The summed E-state index contributed by atoms with van der Waals surface area (Å²) in [6, 6.07) is 4.64. The van der Waals surface area contributed by atoms with Crippen LogP contribution in [0.4, 0.5) is 0 Å². The maximum absolute atomic E-state index is 11.5. The predicted molar refractivity (Wildman–Crippen MR) is 65.2 cm³/mol. The lowest BCUT2D eigenvalue weighted by Crippen LogP contribution is -2.41. The van der Waals surface area contributed by atoms with Crippen LogP contribution in [0.5, 0.6) is 5.75 Å². The molecule has 2 aliphatic rings. The molecule has 5 nitrogen and oxygen atoms in total. The van der Waals surface area contributed by atoms with Crippen molar-refractivity contribution in [2.24, 2.45) is 0 Å². The van der Waals surface area contributed by atoms with Gasteiger partial charge in [0.1, 0.15) is 11.9 Å². The highest BCUT2D eigenvalue weighted by atomic mass is 16.6. The molecule has 3 N–H and O–H groups in total. The highest BCUT2D eigenvalue weighted by Gasteiger charge is 2.51. The maximum atomic E-state index is 11.5. The average molecular weight is 262 g/mol. The minimum atomic E-state index is -1.23. The van der Waals surface area contributed by atoms with Gasteiger partial charge >= 0.3 is 5.97 Å². The molecule has 0 bridgehead atoms. The summed E-state index contributed by atoms with van der Waals surface area (Å²) in [5.74, 6) is -0.557. The van der Waals surface area contributed by atoms with Crippen molar-refractivity contribution in [2.45, 2.75) is 31.2 Å². The average Bonchev–Trinajstić information content (AvgIpc) is 2.62. The largest absolute Gasteiger partial charge is 0.508 e. The van der Waals surface area contributed by atoms with Gasteiger partial charge in [-0.05, 0) is 24.6 Å². The maximum Gasteiger partial charge on any atom is 0.334 e. The van der Waals surface area contributed by atoms with E-state index in [4.69, 9.17) is 4.74 Å². The first-order valence-corrected chi connectivity index (χ1v) is 6.05. The van der Waals surface area contributed by atoms with Crippen molar-refractivity contribution < 1.29 is 24.9 Å². The molecule has 0 amide bonds. The molecule has 1 aliphatic heterocycles. The molecule has 1 aromatic rings. The summed E-state index contributed by atoms with van der Waals surface area (Å²) in [7, 11) is 0. The third-order valence-corrected chi connectivity index (χ3v) is 3.79. The number of carbonyl (C=O) groups is 1. The Morgan fingerprint density at radius 2 is 2.11 bits per heavy atom. The molecule has 0 unspecified atom stereocenters. The Balaban J connectivity index is 2.14. The predicted octanol–water partition coefficient (Wildman–Crippen LogP) is 1.10. The van der Waals surface area contributed by atoms with Crippen molar-refractivity contribution in [1.29, 1.82) is 0 Å². The molecular formula is C14H14O5. The molecule has 0 saturated heterocycles. The van der Waals surface area contributed by atoms with Crippen molar-refractivity contribution in [3.8, 4) is 5.75 Å². The Morgan fingerprint density at radius 3 is 2.74 bits per heavy atom. The van der Waals surface area contributed by atoms with Crippen molar-refractivity contribution >= 4 is 5.97 Å². The normalized spacial score (nSPS) is 33.0. The molecule has 100 valence electrons. The van der Waals surface area contributed by atoms with E-state index in [1.807, 2.05) is 0 Å². The number of aromatic hydroxyl groups is 1. The lowest BCUT2D eigenvalue weighted by Gasteiger charge is -2.39. The summed E-state index contributed by atoms with van der Waals surface area (Å²) in [4.78, 5) is 11.5. The van der Waals surface area contributed by atoms with Crippen molar-refractivity contribution in [1.82, 2.24) is 0 Å². The van der Waals surface area contributed by atoms with Crippen molar-refractivity contribution in [3.63, 3.8) is 0 Å². The Hall–Kier alpha value is -1.85. The van der Waals surface area contributed by atoms with Crippen LogP contribution in [-0.2, 0) is 9.53 Å². The number of benzene rings is 1. The van der Waals surface area contributed by atoms with E-state index in [2.05, 4.69) is 0 Å². The number of aliphatic hydroxyl groups is 2. The summed E-state index contributed by atoms with van der Waals surface area (Å²) < 4.78 is 5.26. The number of esters is 1. The second-order valence-electron chi connectivity index (χ2n) is 5.07.